The third-order valence-corrected chi connectivity index (χ3v) is 3.82. The van der Waals surface area contributed by atoms with Gasteiger partial charge in [0.25, 0.3) is 5.91 Å². The summed E-state index contributed by atoms with van der Waals surface area (Å²) in [6, 6.07) is 9.67. The Balaban J connectivity index is 2.19. The highest BCUT2D eigenvalue weighted by Crippen LogP contribution is 2.15. The van der Waals surface area contributed by atoms with E-state index in [1.807, 2.05) is 51.1 Å². The van der Waals surface area contributed by atoms with Gasteiger partial charge in [0.15, 0.2) is 0 Å². The molecule has 0 saturated heterocycles. The molecule has 0 bridgehead atoms. The zero-order chi connectivity index (χ0) is 16.1. The first-order valence-corrected chi connectivity index (χ1v) is 7.56. The first-order chi connectivity index (χ1) is 10.5. The number of nitrogens with one attached hydrogen (secondary N) is 1. The number of para-hydroxylation sites is 1. The molecule has 0 aliphatic heterocycles. The Morgan fingerprint density at radius 3 is 2.59 bits per heavy atom. The van der Waals surface area contributed by atoms with Crippen LogP contribution in [0.25, 0.3) is 5.69 Å². The average molecular weight is 301 g/mol. The van der Waals surface area contributed by atoms with Crippen molar-refractivity contribution in [3.63, 3.8) is 0 Å². The van der Waals surface area contributed by atoms with Gasteiger partial charge in [0, 0.05) is 12.6 Å². The number of rotatable bonds is 6. The molecule has 0 fully saturated rings. The van der Waals surface area contributed by atoms with Crippen molar-refractivity contribution in [1.29, 1.82) is 0 Å². The molecule has 1 unspecified atom stereocenters. The normalized spacial score (nSPS) is 12.4. The Morgan fingerprint density at radius 2 is 2.00 bits per heavy atom. The molecule has 1 aromatic carbocycles. The molecule has 5 nitrogen and oxygen atoms in total. The van der Waals surface area contributed by atoms with E-state index in [4.69, 9.17) is 5.11 Å². The van der Waals surface area contributed by atoms with E-state index in [9.17, 15) is 4.79 Å². The van der Waals surface area contributed by atoms with E-state index in [2.05, 4.69) is 10.4 Å². The number of carbonyl (C=O) groups excluding carboxylic acids is 1. The Labute approximate surface area is 131 Å². The van der Waals surface area contributed by atoms with Crippen LogP contribution < -0.4 is 5.32 Å². The average Bonchev–Trinajstić information content (AvgIpc) is 2.89. The molecule has 22 heavy (non-hydrogen) atoms. The highest BCUT2D eigenvalue weighted by Gasteiger charge is 2.20. The van der Waals surface area contributed by atoms with E-state index in [1.165, 1.54) is 0 Å². The summed E-state index contributed by atoms with van der Waals surface area (Å²) in [5.41, 5.74) is 2.29. The monoisotopic (exact) mass is 301 g/mol. The number of aliphatic hydroxyl groups excluding tert-OH is 1. The first-order valence-electron chi connectivity index (χ1n) is 7.56. The standard InChI is InChI=1S/C17H23N3O2/c1-12(2)16(9-10-21)19-17(22)15-11-18-20(13(15)3)14-7-5-4-6-8-14/h4-8,11-12,16,21H,9-10H2,1-3H3,(H,19,22). The van der Waals surface area contributed by atoms with Crippen LogP contribution in [-0.4, -0.2) is 33.4 Å². The molecule has 118 valence electrons. The first kappa shape index (κ1) is 16.2. The number of hydrogen-bond acceptors (Lipinski definition) is 3. The van der Waals surface area contributed by atoms with Crippen LogP contribution in [0.1, 0.15) is 36.3 Å². The molecule has 0 radical (unpaired) electrons. The molecule has 0 spiro atoms. The fourth-order valence-electron chi connectivity index (χ4n) is 2.42. The minimum absolute atomic E-state index is 0.0445. The molecular formula is C17H23N3O2. The summed E-state index contributed by atoms with van der Waals surface area (Å²) in [5, 5.41) is 16.4. The second-order valence-corrected chi connectivity index (χ2v) is 5.73. The molecule has 0 aliphatic rings. The van der Waals surface area contributed by atoms with Crippen LogP contribution in [0.15, 0.2) is 36.5 Å². The number of nitrogens with zero attached hydrogens (tertiary/aromatic N) is 2. The van der Waals surface area contributed by atoms with Crippen molar-refractivity contribution >= 4 is 5.91 Å². The van der Waals surface area contributed by atoms with E-state index in [0.29, 0.717) is 12.0 Å². The van der Waals surface area contributed by atoms with Crippen LogP contribution in [0, 0.1) is 12.8 Å². The molecule has 0 saturated carbocycles. The van der Waals surface area contributed by atoms with Gasteiger partial charge in [-0.15, -0.1) is 0 Å². The summed E-state index contributed by atoms with van der Waals surface area (Å²) in [7, 11) is 0. The predicted molar refractivity (Wildman–Crippen MR) is 86.1 cm³/mol. The summed E-state index contributed by atoms with van der Waals surface area (Å²) in [6.45, 7) is 6.00. The van der Waals surface area contributed by atoms with Gasteiger partial charge in [-0.3, -0.25) is 4.79 Å². The Bertz CT molecular complexity index is 620. The van der Waals surface area contributed by atoms with Crippen molar-refractivity contribution in [2.75, 3.05) is 6.61 Å². The van der Waals surface area contributed by atoms with Gasteiger partial charge in [0.1, 0.15) is 0 Å². The van der Waals surface area contributed by atoms with Crippen molar-refractivity contribution in [3.05, 3.63) is 47.8 Å². The van der Waals surface area contributed by atoms with Gasteiger partial charge in [-0.05, 0) is 31.4 Å². The molecule has 2 N–H and O–H groups in total. The maximum Gasteiger partial charge on any atom is 0.254 e. The van der Waals surface area contributed by atoms with Gasteiger partial charge >= 0.3 is 0 Å². The predicted octanol–water partition coefficient (Wildman–Crippen LogP) is 2.32. The van der Waals surface area contributed by atoms with Crippen molar-refractivity contribution in [2.24, 2.45) is 5.92 Å². The molecule has 2 aromatic rings. The highest BCUT2D eigenvalue weighted by molar-refractivity contribution is 5.95. The number of aliphatic hydroxyl groups is 1. The lowest BCUT2D eigenvalue weighted by atomic mass is 10.0. The number of benzene rings is 1. The van der Waals surface area contributed by atoms with E-state index >= 15 is 0 Å². The van der Waals surface area contributed by atoms with Crippen LogP contribution in [0.2, 0.25) is 0 Å². The van der Waals surface area contributed by atoms with Crippen molar-refractivity contribution in [3.8, 4) is 5.69 Å². The second-order valence-electron chi connectivity index (χ2n) is 5.73. The van der Waals surface area contributed by atoms with Crippen molar-refractivity contribution in [2.45, 2.75) is 33.2 Å². The smallest absolute Gasteiger partial charge is 0.254 e. The van der Waals surface area contributed by atoms with E-state index in [-0.39, 0.29) is 24.5 Å². The molecule has 2 rings (SSSR count). The van der Waals surface area contributed by atoms with Gasteiger partial charge in [-0.25, -0.2) is 4.68 Å². The summed E-state index contributed by atoms with van der Waals surface area (Å²) in [5.74, 6) is 0.118. The Hall–Kier alpha value is -2.14. The molecule has 0 aliphatic carbocycles. The topological polar surface area (TPSA) is 67.2 Å². The van der Waals surface area contributed by atoms with Crippen LogP contribution in [0.5, 0.6) is 0 Å². The number of carbonyl (C=O) groups is 1. The fraction of sp³-hybridized carbons (Fsp3) is 0.412. The van der Waals surface area contributed by atoms with E-state index in [1.54, 1.807) is 10.9 Å². The van der Waals surface area contributed by atoms with Gasteiger partial charge in [0.05, 0.1) is 23.1 Å². The lowest BCUT2D eigenvalue weighted by Crippen LogP contribution is -2.39. The third-order valence-electron chi connectivity index (χ3n) is 3.82. The molecule has 5 heteroatoms. The van der Waals surface area contributed by atoms with Crippen LogP contribution in [0.3, 0.4) is 0 Å². The van der Waals surface area contributed by atoms with Gasteiger partial charge in [-0.2, -0.15) is 5.10 Å². The summed E-state index contributed by atoms with van der Waals surface area (Å²) in [6.07, 6.45) is 2.14. The molecule has 1 amide bonds. The summed E-state index contributed by atoms with van der Waals surface area (Å²) < 4.78 is 1.76. The Kier molecular flexibility index (Phi) is 5.33. The summed E-state index contributed by atoms with van der Waals surface area (Å²) in [4.78, 5) is 12.5. The van der Waals surface area contributed by atoms with Gasteiger partial charge < -0.3 is 10.4 Å². The van der Waals surface area contributed by atoms with Crippen molar-refractivity contribution < 1.29 is 9.90 Å². The summed E-state index contributed by atoms with van der Waals surface area (Å²) >= 11 is 0. The maximum absolute atomic E-state index is 12.5. The number of amides is 1. The van der Waals surface area contributed by atoms with Crippen molar-refractivity contribution in [1.82, 2.24) is 15.1 Å². The molecule has 1 aromatic heterocycles. The maximum atomic E-state index is 12.5. The molecular weight excluding hydrogens is 278 g/mol. The van der Waals surface area contributed by atoms with Crippen LogP contribution in [-0.2, 0) is 0 Å². The van der Waals surface area contributed by atoms with E-state index in [0.717, 1.165) is 11.4 Å². The SMILES string of the molecule is Cc1c(C(=O)NC(CCO)C(C)C)cnn1-c1ccccc1. The van der Waals surface area contributed by atoms with Crippen LogP contribution in [0.4, 0.5) is 0 Å². The van der Waals surface area contributed by atoms with E-state index < -0.39 is 0 Å². The zero-order valence-electron chi connectivity index (χ0n) is 13.3. The minimum Gasteiger partial charge on any atom is -0.396 e. The second kappa shape index (κ2) is 7.22. The van der Waals surface area contributed by atoms with Gasteiger partial charge in [-0.1, -0.05) is 32.0 Å². The fourth-order valence-corrected chi connectivity index (χ4v) is 2.42. The molecule has 1 heterocycles. The van der Waals surface area contributed by atoms with Gasteiger partial charge in [0.2, 0.25) is 0 Å². The lowest BCUT2D eigenvalue weighted by Gasteiger charge is -2.21. The largest absolute Gasteiger partial charge is 0.396 e. The number of hydrogen-bond donors (Lipinski definition) is 2. The third kappa shape index (κ3) is 3.54. The van der Waals surface area contributed by atoms with Crippen LogP contribution >= 0.6 is 0 Å². The zero-order valence-corrected chi connectivity index (χ0v) is 13.3. The lowest BCUT2D eigenvalue weighted by molar-refractivity contribution is 0.0916. The quantitative estimate of drug-likeness (QED) is 0.860. The molecule has 1 atom stereocenters. The minimum atomic E-state index is -0.146. The Morgan fingerprint density at radius 1 is 1.32 bits per heavy atom. The number of aromatic nitrogens is 2. The highest BCUT2D eigenvalue weighted by atomic mass is 16.3.